The van der Waals surface area contributed by atoms with Crippen LogP contribution in [0.3, 0.4) is 0 Å². The first-order chi connectivity index (χ1) is 12.5. The van der Waals surface area contributed by atoms with Crippen LogP contribution in [0.15, 0.2) is 47.5 Å². The van der Waals surface area contributed by atoms with Crippen LogP contribution in [0.2, 0.25) is 0 Å². The highest BCUT2D eigenvalue weighted by Crippen LogP contribution is 2.15. The Kier molecular flexibility index (Phi) is 9.58. The summed E-state index contributed by atoms with van der Waals surface area (Å²) < 4.78 is 19.7. The molecule has 0 spiro atoms. The van der Waals surface area contributed by atoms with Crippen LogP contribution in [0.5, 0.6) is 5.75 Å². The second-order valence-corrected chi connectivity index (χ2v) is 5.85. The molecule has 144 valence electrons. The van der Waals surface area contributed by atoms with Gasteiger partial charge in [0.2, 0.25) is 0 Å². The van der Waals surface area contributed by atoms with Gasteiger partial charge in [-0.25, -0.2) is 4.39 Å². The van der Waals surface area contributed by atoms with Gasteiger partial charge >= 0.3 is 0 Å². The number of rotatable bonds is 6. The Bertz CT molecular complexity index is 820. The topological polar surface area (TPSA) is 60.7 Å². The number of nitrogens with zero attached hydrogens (tertiary/aromatic N) is 3. The summed E-state index contributed by atoms with van der Waals surface area (Å²) >= 11 is 0. The maximum Gasteiger partial charge on any atom is 0.193 e. The van der Waals surface area contributed by atoms with E-state index in [0.717, 1.165) is 11.3 Å². The van der Waals surface area contributed by atoms with E-state index >= 15 is 0 Å². The molecule has 7 heteroatoms. The highest BCUT2D eigenvalue weighted by molar-refractivity contribution is 14.0. The largest absolute Gasteiger partial charge is 0.491 e. The molecule has 0 heterocycles. The molecule has 2 aromatic rings. The Morgan fingerprint density at radius 2 is 2.04 bits per heavy atom. The zero-order valence-corrected chi connectivity index (χ0v) is 18.0. The van der Waals surface area contributed by atoms with Crippen molar-refractivity contribution in [2.24, 2.45) is 4.99 Å². The minimum absolute atomic E-state index is 0. The minimum Gasteiger partial charge on any atom is -0.491 e. The Balaban J connectivity index is 0.00000364. The molecule has 0 fully saturated rings. The van der Waals surface area contributed by atoms with Crippen molar-refractivity contribution in [1.29, 1.82) is 5.26 Å². The van der Waals surface area contributed by atoms with Gasteiger partial charge in [0.1, 0.15) is 18.2 Å². The summed E-state index contributed by atoms with van der Waals surface area (Å²) in [5.74, 6) is 1.14. The number of likely N-dealkylation sites (N-methyl/N-ethyl adjacent to an activating group) is 1. The van der Waals surface area contributed by atoms with Gasteiger partial charge in [-0.15, -0.1) is 24.0 Å². The Hall–Kier alpha value is -2.34. The molecule has 5 nitrogen and oxygen atoms in total. The normalized spacial score (nSPS) is 10.6. The highest BCUT2D eigenvalue weighted by atomic mass is 127. The molecule has 1 N–H and O–H groups in total. The van der Waals surface area contributed by atoms with Gasteiger partial charge in [0, 0.05) is 26.2 Å². The average Bonchev–Trinajstić information content (AvgIpc) is 2.65. The number of hydrogen-bond acceptors (Lipinski definition) is 3. The second-order valence-electron chi connectivity index (χ2n) is 5.85. The lowest BCUT2D eigenvalue weighted by Crippen LogP contribution is -2.40. The number of aliphatic imine (C=N–C) groups is 1. The van der Waals surface area contributed by atoms with Crippen molar-refractivity contribution in [1.82, 2.24) is 10.2 Å². The van der Waals surface area contributed by atoms with E-state index in [-0.39, 0.29) is 36.3 Å². The average molecular weight is 482 g/mol. The maximum atomic E-state index is 13.9. The van der Waals surface area contributed by atoms with Gasteiger partial charge in [0.25, 0.3) is 0 Å². The molecule has 0 saturated carbocycles. The third-order valence-corrected chi connectivity index (χ3v) is 3.96. The van der Waals surface area contributed by atoms with E-state index in [0.29, 0.717) is 30.2 Å². The van der Waals surface area contributed by atoms with Crippen LogP contribution < -0.4 is 10.1 Å². The summed E-state index contributed by atoms with van der Waals surface area (Å²) in [6, 6.07) is 14.2. The monoisotopic (exact) mass is 482 g/mol. The molecule has 0 aromatic heterocycles. The molecular weight excluding hydrogens is 458 g/mol. The van der Waals surface area contributed by atoms with E-state index < -0.39 is 0 Å². The SMILES string of the molecule is CN=C(NCc1cc(C#N)ccc1F)N(C)CCOc1ccccc1C.I. The highest BCUT2D eigenvalue weighted by Gasteiger charge is 2.09. The molecule has 0 aliphatic heterocycles. The Morgan fingerprint density at radius 3 is 2.70 bits per heavy atom. The van der Waals surface area contributed by atoms with Gasteiger partial charge in [-0.3, -0.25) is 4.99 Å². The molecular formula is C20H24FIN4O. The van der Waals surface area contributed by atoms with Gasteiger partial charge in [0.15, 0.2) is 5.96 Å². The first-order valence-electron chi connectivity index (χ1n) is 8.34. The molecule has 0 radical (unpaired) electrons. The Labute approximate surface area is 176 Å². The summed E-state index contributed by atoms with van der Waals surface area (Å²) in [4.78, 5) is 6.11. The lowest BCUT2D eigenvalue weighted by molar-refractivity contribution is 0.280. The lowest BCUT2D eigenvalue weighted by Gasteiger charge is -2.22. The van der Waals surface area contributed by atoms with Gasteiger partial charge in [-0.05, 0) is 36.8 Å². The van der Waals surface area contributed by atoms with Crippen molar-refractivity contribution in [2.75, 3.05) is 27.2 Å². The quantitative estimate of drug-likeness (QED) is 0.388. The molecule has 27 heavy (non-hydrogen) atoms. The van der Waals surface area contributed by atoms with E-state index in [1.54, 1.807) is 7.05 Å². The number of nitriles is 1. The Morgan fingerprint density at radius 1 is 1.30 bits per heavy atom. The number of aryl methyl sites for hydroxylation is 1. The van der Waals surface area contributed by atoms with E-state index in [4.69, 9.17) is 10.00 Å². The zero-order chi connectivity index (χ0) is 18.9. The van der Waals surface area contributed by atoms with Crippen LogP contribution in [0.4, 0.5) is 4.39 Å². The predicted molar refractivity (Wildman–Crippen MR) is 116 cm³/mol. The van der Waals surface area contributed by atoms with Crippen LogP contribution in [-0.2, 0) is 6.54 Å². The van der Waals surface area contributed by atoms with E-state index in [2.05, 4.69) is 10.3 Å². The van der Waals surface area contributed by atoms with Crippen LogP contribution in [0.1, 0.15) is 16.7 Å². The second kappa shape index (κ2) is 11.4. The molecule has 0 unspecified atom stereocenters. The molecule has 0 amide bonds. The number of ether oxygens (including phenoxy) is 1. The standard InChI is InChI=1S/C20H23FN4O.HI/c1-15-6-4-5-7-19(15)26-11-10-25(3)20(23-2)24-14-17-12-16(13-22)8-9-18(17)21;/h4-9,12H,10-11,14H2,1-3H3,(H,23,24);1H. The maximum absolute atomic E-state index is 13.9. The van der Waals surface area contributed by atoms with Gasteiger partial charge in [-0.2, -0.15) is 5.26 Å². The summed E-state index contributed by atoms with van der Waals surface area (Å²) in [7, 11) is 3.56. The third kappa shape index (κ3) is 6.71. The first kappa shape index (κ1) is 22.7. The van der Waals surface area contributed by atoms with Crippen molar-refractivity contribution in [3.05, 3.63) is 65.0 Å². The third-order valence-electron chi connectivity index (χ3n) is 3.96. The van der Waals surface area contributed by atoms with E-state index in [1.165, 1.54) is 18.2 Å². The fraction of sp³-hybridized carbons (Fsp3) is 0.300. The van der Waals surface area contributed by atoms with Crippen LogP contribution >= 0.6 is 24.0 Å². The van der Waals surface area contributed by atoms with Crippen LogP contribution in [0.25, 0.3) is 0 Å². The lowest BCUT2D eigenvalue weighted by atomic mass is 10.1. The van der Waals surface area contributed by atoms with Crippen molar-refractivity contribution in [3.8, 4) is 11.8 Å². The molecule has 0 aliphatic carbocycles. The summed E-state index contributed by atoms with van der Waals surface area (Å²) in [5, 5.41) is 12.0. The number of nitrogens with one attached hydrogen (secondary N) is 1. The predicted octanol–water partition coefficient (Wildman–Crippen LogP) is 3.71. The molecule has 0 aliphatic rings. The van der Waals surface area contributed by atoms with Gasteiger partial charge < -0.3 is 15.0 Å². The van der Waals surface area contributed by atoms with Gasteiger partial charge in [-0.1, -0.05) is 18.2 Å². The van der Waals surface area contributed by atoms with Crippen molar-refractivity contribution >= 4 is 29.9 Å². The minimum atomic E-state index is -0.350. The fourth-order valence-electron chi connectivity index (χ4n) is 2.46. The summed E-state index contributed by atoms with van der Waals surface area (Å²) in [5.41, 5.74) is 1.94. The van der Waals surface area contributed by atoms with Gasteiger partial charge in [0.05, 0.1) is 18.2 Å². The number of halogens is 2. The molecule has 2 aromatic carbocycles. The zero-order valence-electron chi connectivity index (χ0n) is 15.7. The molecule has 0 atom stereocenters. The number of guanidine groups is 1. The summed E-state index contributed by atoms with van der Waals surface area (Å²) in [6.07, 6.45) is 0. The van der Waals surface area contributed by atoms with E-state index in [9.17, 15) is 4.39 Å². The van der Waals surface area contributed by atoms with E-state index in [1.807, 2.05) is 49.2 Å². The fourth-order valence-corrected chi connectivity index (χ4v) is 2.46. The van der Waals surface area contributed by atoms with Crippen molar-refractivity contribution in [2.45, 2.75) is 13.5 Å². The first-order valence-corrected chi connectivity index (χ1v) is 8.34. The number of hydrogen-bond donors (Lipinski definition) is 1. The van der Waals surface area contributed by atoms with Crippen LogP contribution in [-0.4, -0.2) is 38.1 Å². The number of para-hydroxylation sites is 1. The van der Waals surface area contributed by atoms with Crippen molar-refractivity contribution in [3.63, 3.8) is 0 Å². The van der Waals surface area contributed by atoms with Crippen molar-refractivity contribution < 1.29 is 9.13 Å². The molecule has 2 rings (SSSR count). The summed E-state index contributed by atoms with van der Waals surface area (Å²) in [6.45, 7) is 3.37. The van der Waals surface area contributed by atoms with Crippen LogP contribution in [0, 0.1) is 24.1 Å². The molecule has 0 bridgehead atoms. The number of benzene rings is 2. The molecule has 0 saturated heterocycles. The smallest absolute Gasteiger partial charge is 0.193 e.